The fourth-order valence-corrected chi connectivity index (χ4v) is 3.30. The van der Waals surface area contributed by atoms with Crippen molar-refractivity contribution >= 4 is 5.69 Å². The van der Waals surface area contributed by atoms with Gasteiger partial charge in [0.2, 0.25) is 0 Å². The van der Waals surface area contributed by atoms with Crippen LogP contribution < -0.4 is 4.90 Å². The zero-order valence-electron chi connectivity index (χ0n) is 12.5. The zero-order chi connectivity index (χ0) is 14.0. The molecule has 2 nitrogen and oxygen atoms in total. The first-order valence-corrected chi connectivity index (χ1v) is 7.31. The van der Waals surface area contributed by atoms with Crippen LogP contribution >= 0.6 is 0 Å². The molecule has 1 aliphatic rings. The lowest BCUT2D eigenvalue weighted by Crippen LogP contribution is -2.48. The molecule has 0 unspecified atom stereocenters. The average molecular weight is 256 g/mol. The minimum absolute atomic E-state index is 0.204. The Labute approximate surface area is 117 Å². The molecule has 2 rings (SSSR count). The van der Waals surface area contributed by atoms with Gasteiger partial charge in [-0.2, -0.15) is 5.26 Å². The molecule has 0 spiro atoms. The maximum absolute atomic E-state index is 9.07. The van der Waals surface area contributed by atoms with Gasteiger partial charge >= 0.3 is 0 Å². The number of rotatable bonds is 3. The van der Waals surface area contributed by atoms with Crippen molar-refractivity contribution in [3.63, 3.8) is 0 Å². The smallest absolute Gasteiger partial charge is 0.0991 e. The van der Waals surface area contributed by atoms with E-state index in [1.165, 1.54) is 24.1 Å². The summed E-state index contributed by atoms with van der Waals surface area (Å²) >= 11 is 0. The highest BCUT2D eigenvalue weighted by Crippen LogP contribution is 2.43. The van der Waals surface area contributed by atoms with E-state index in [1.807, 2.05) is 6.07 Å². The fraction of sp³-hybridized carbons (Fsp3) is 0.588. The first-order valence-electron chi connectivity index (χ1n) is 7.31. The van der Waals surface area contributed by atoms with Gasteiger partial charge in [-0.3, -0.25) is 0 Å². The number of anilines is 1. The summed E-state index contributed by atoms with van der Waals surface area (Å²) in [5.41, 5.74) is 3.65. The second-order valence-electron chi connectivity index (χ2n) is 6.31. The Morgan fingerprint density at radius 1 is 1.42 bits per heavy atom. The maximum Gasteiger partial charge on any atom is 0.0991 e. The predicted molar refractivity (Wildman–Crippen MR) is 80.5 cm³/mol. The largest absolute Gasteiger partial charge is 0.366 e. The number of benzene rings is 1. The summed E-state index contributed by atoms with van der Waals surface area (Å²) < 4.78 is 0. The molecule has 0 fully saturated rings. The molecule has 0 amide bonds. The summed E-state index contributed by atoms with van der Waals surface area (Å²) in [6.45, 7) is 10.3. The third-order valence-corrected chi connectivity index (χ3v) is 4.25. The highest BCUT2D eigenvalue weighted by molar-refractivity contribution is 5.61. The molecule has 2 heteroatoms. The second kappa shape index (κ2) is 5.25. The van der Waals surface area contributed by atoms with Gasteiger partial charge in [0.1, 0.15) is 0 Å². The van der Waals surface area contributed by atoms with Crippen molar-refractivity contribution in [1.82, 2.24) is 0 Å². The van der Waals surface area contributed by atoms with Gasteiger partial charge in [-0.25, -0.2) is 0 Å². The summed E-state index contributed by atoms with van der Waals surface area (Å²) in [7, 11) is 0. The number of nitrogens with zero attached hydrogens (tertiary/aromatic N) is 2. The third kappa shape index (κ3) is 2.61. The minimum atomic E-state index is 0.204. The first kappa shape index (κ1) is 13.9. The molecule has 1 aliphatic heterocycles. The molecule has 0 bridgehead atoms. The predicted octanol–water partition coefficient (Wildman–Crippen LogP) is 4.45. The van der Waals surface area contributed by atoms with Crippen molar-refractivity contribution in [2.75, 3.05) is 11.4 Å². The van der Waals surface area contributed by atoms with Gasteiger partial charge in [0.05, 0.1) is 11.6 Å². The van der Waals surface area contributed by atoms with E-state index >= 15 is 0 Å². The van der Waals surface area contributed by atoms with E-state index in [0.29, 0.717) is 5.92 Å². The summed E-state index contributed by atoms with van der Waals surface area (Å²) in [5.74, 6) is 0.524. The zero-order valence-corrected chi connectivity index (χ0v) is 12.5. The van der Waals surface area contributed by atoms with Crippen LogP contribution in [0, 0.1) is 11.3 Å². The minimum Gasteiger partial charge on any atom is -0.366 e. The summed E-state index contributed by atoms with van der Waals surface area (Å²) in [6, 6.07) is 8.43. The molecule has 0 saturated carbocycles. The van der Waals surface area contributed by atoms with Gasteiger partial charge < -0.3 is 4.90 Å². The van der Waals surface area contributed by atoms with E-state index in [-0.39, 0.29) is 5.54 Å². The Morgan fingerprint density at radius 2 is 2.16 bits per heavy atom. The third-order valence-electron chi connectivity index (χ3n) is 4.25. The van der Waals surface area contributed by atoms with Crippen LogP contribution in [0.2, 0.25) is 0 Å². The van der Waals surface area contributed by atoms with Gasteiger partial charge in [-0.05, 0) is 56.4 Å². The molecule has 0 aromatic heterocycles. The van der Waals surface area contributed by atoms with Crippen LogP contribution in [0.15, 0.2) is 18.2 Å². The van der Waals surface area contributed by atoms with E-state index < -0.39 is 0 Å². The fourth-order valence-electron chi connectivity index (χ4n) is 3.30. The Hall–Kier alpha value is -1.49. The van der Waals surface area contributed by atoms with Crippen molar-refractivity contribution < 1.29 is 0 Å². The van der Waals surface area contributed by atoms with Crippen LogP contribution in [0.25, 0.3) is 0 Å². The van der Waals surface area contributed by atoms with E-state index in [2.05, 4.69) is 50.8 Å². The Bertz CT molecular complexity index is 496. The molecule has 0 N–H and O–H groups in total. The van der Waals surface area contributed by atoms with Gasteiger partial charge in [-0.15, -0.1) is 0 Å². The molecule has 0 saturated heterocycles. The van der Waals surface area contributed by atoms with Crippen LogP contribution in [0.4, 0.5) is 5.69 Å². The number of hydrogen-bond donors (Lipinski definition) is 0. The molecule has 1 aromatic carbocycles. The molecule has 0 aliphatic carbocycles. The topological polar surface area (TPSA) is 27.0 Å². The normalized spacial score (nSPS) is 20.8. The van der Waals surface area contributed by atoms with Crippen LogP contribution in [-0.2, 0) is 0 Å². The van der Waals surface area contributed by atoms with Gasteiger partial charge in [0.25, 0.3) is 0 Å². The monoisotopic (exact) mass is 256 g/mol. The molecule has 102 valence electrons. The van der Waals surface area contributed by atoms with Crippen LogP contribution in [0.5, 0.6) is 0 Å². The summed E-state index contributed by atoms with van der Waals surface area (Å²) in [6.07, 6.45) is 3.59. The lowest BCUT2D eigenvalue weighted by atomic mass is 9.79. The molecule has 1 atom stereocenters. The molecule has 19 heavy (non-hydrogen) atoms. The van der Waals surface area contributed by atoms with Crippen LogP contribution in [0.3, 0.4) is 0 Å². The molecular weight excluding hydrogens is 232 g/mol. The lowest BCUT2D eigenvalue weighted by molar-refractivity contribution is 0.374. The molecular formula is C17H24N2. The second-order valence-corrected chi connectivity index (χ2v) is 6.31. The van der Waals surface area contributed by atoms with E-state index in [9.17, 15) is 0 Å². The Kier molecular flexibility index (Phi) is 3.85. The van der Waals surface area contributed by atoms with E-state index in [0.717, 1.165) is 18.5 Å². The quantitative estimate of drug-likeness (QED) is 0.799. The molecule has 1 aromatic rings. The highest BCUT2D eigenvalue weighted by atomic mass is 15.2. The highest BCUT2D eigenvalue weighted by Gasteiger charge is 2.35. The van der Waals surface area contributed by atoms with E-state index in [1.54, 1.807) is 0 Å². The SMILES string of the molecule is CCCCN1c2ccc(C#N)cc2[C@@H](C)CC1(C)C. The van der Waals surface area contributed by atoms with Crippen LogP contribution in [0.1, 0.15) is 64.0 Å². The van der Waals surface area contributed by atoms with Crippen molar-refractivity contribution in [2.24, 2.45) is 0 Å². The number of nitriles is 1. The summed E-state index contributed by atoms with van der Waals surface area (Å²) in [4.78, 5) is 2.53. The van der Waals surface area contributed by atoms with Gasteiger partial charge in [0.15, 0.2) is 0 Å². The Balaban J connectivity index is 2.44. The standard InChI is InChI=1S/C17H24N2/c1-5-6-9-19-16-8-7-14(12-18)10-15(16)13(2)11-17(19,3)4/h7-8,10,13H,5-6,9,11H2,1-4H3/t13-/m0/s1. The van der Waals surface area contributed by atoms with Crippen molar-refractivity contribution in [3.05, 3.63) is 29.3 Å². The van der Waals surface area contributed by atoms with Crippen molar-refractivity contribution in [3.8, 4) is 6.07 Å². The molecule has 0 radical (unpaired) electrons. The lowest BCUT2D eigenvalue weighted by Gasteiger charge is -2.47. The Morgan fingerprint density at radius 3 is 2.79 bits per heavy atom. The first-order chi connectivity index (χ1) is 8.99. The van der Waals surface area contributed by atoms with Gasteiger partial charge in [0, 0.05) is 17.8 Å². The summed E-state index contributed by atoms with van der Waals surface area (Å²) in [5, 5.41) is 9.07. The number of unbranched alkanes of at least 4 members (excludes halogenated alkanes) is 1. The number of hydrogen-bond acceptors (Lipinski definition) is 2. The van der Waals surface area contributed by atoms with Crippen LogP contribution in [-0.4, -0.2) is 12.1 Å². The van der Waals surface area contributed by atoms with E-state index in [4.69, 9.17) is 5.26 Å². The maximum atomic E-state index is 9.07. The molecule has 1 heterocycles. The average Bonchev–Trinajstić information content (AvgIpc) is 2.37. The number of fused-ring (bicyclic) bond motifs is 1. The van der Waals surface area contributed by atoms with Crippen molar-refractivity contribution in [1.29, 1.82) is 5.26 Å². The van der Waals surface area contributed by atoms with Crippen molar-refractivity contribution in [2.45, 2.75) is 58.4 Å². The van der Waals surface area contributed by atoms with Gasteiger partial charge in [-0.1, -0.05) is 20.3 Å².